The van der Waals surface area contributed by atoms with E-state index >= 15 is 0 Å². The molecule has 220 valence electrons. The molecular weight excluding hydrogens is 574 g/mol. The molecule has 2 heterocycles. The van der Waals surface area contributed by atoms with Crippen molar-refractivity contribution < 1.29 is 16.8 Å². The van der Waals surface area contributed by atoms with Gasteiger partial charge < -0.3 is 4.42 Å². The van der Waals surface area contributed by atoms with E-state index in [9.17, 15) is 2.74 Å². The van der Waals surface area contributed by atoms with E-state index in [0.717, 1.165) is 27.5 Å². The number of hydrogen-bond donors (Lipinski definition) is 0. The van der Waals surface area contributed by atoms with Gasteiger partial charge in [0.1, 0.15) is 11.2 Å². The molecule has 0 unspecified atom stereocenters. The first kappa shape index (κ1) is 19.2. The van der Waals surface area contributed by atoms with Crippen LogP contribution in [0.5, 0.6) is 0 Å². The zero-order valence-electron chi connectivity index (χ0n) is 33.6. The van der Waals surface area contributed by atoms with Crippen LogP contribution < -0.4 is 0 Å². The Labute approximate surface area is 284 Å². The zero-order valence-corrected chi connectivity index (χ0v) is 24.6. The van der Waals surface area contributed by atoms with Gasteiger partial charge in [0.05, 0.1) is 12.3 Å². The highest BCUT2D eigenvalue weighted by molar-refractivity contribution is 6.16. The van der Waals surface area contributed by atoms with Crippen molar-refractivity contribution in [2.75, 3.05) is 0 Å². The van der Waals surface area contributed by atoms with Crippen LogP contribution in [0.15, 0.2) is 168 Å². The molecule has 0 saturated carbocycles. The van der Waals surface area contributed by atoms with Gasteiger partial charge in [0, 0.05) is 27.5 Å². The maximum atomic E-state index is 9.20. The molecule has 0 aliphatic rings. The van der Waals surface area contributed by atoms with Crippen LogP contribution in [0.3, 0.4) is 0 Å². The van der Waals surface area contributed by atoms with Crippen molar-refractivity contribution in [1.29, 1.82) is 0 Å². The fourth-order valence-electron chi connectivity index (χ4n) is 5.93. The largest absolute Gasteiger partial charge is 0.456 e. The van der Waals surface area contributed by atoms with E-state index in [-0.39, 0.29) is 51.8 Å². The third kappa shape index (κ3) is 4.75. The predicted molar refractivity (Wildman–Crippen MR) is 192 cm³/mol. The third-order valence-electron chi connectivity index (χ3n) is 8.10. The Morgan fingerprint density at radius 2 is 1.02 bits per heavy atom. The third-order valence-corrected chi connectivity index (χ3v) is 8.10. The number of benzene rings is 7. The van der Waals surface area contributed by atoms with Gasteiger partial charge >= 0.3 is 0 Å². The van der Waals surface area contributed by atoms with Crippen molar-refractivity contribution in [3.63, 3.8) is 0 Å². The summed E-state index contributed by atoms with van der Waals surface area (Å²) in [6.45, 7) is 0. The van der Waals surface area contributed by atoms with Crippen LogP contribution in [0.25, 0.3) is 89.1 Å². The molecule has 7 aromatic carbocycles. The van der Waals surface area contributed by atoms with Crippen LogP contribution in [-0.2, 0) is 0 Å². The van der Waals surface area contributed by atoms with E-state index in [2.05, 4.69) is 0 Å². The first-order chi connectivity index (χ1) is 27.0. The monoisotopic (exact) mass is 610 g/mol. The highest BCUT2D eigenvalue weighted by Crippen LogP contribution is 2.42. The predicted octanol–water partition coefficient (Wildman–Crippen LogP) is 11.3. The normalized spacial score (nSPS) is 14.1. The van der Waals surface area contributed by atoms with Gasteiger partial charge in [-0.05, 0) is 57.2 Å². The summed E-state index contributed by atoms with van der Waals surface area (Å²) in [7, 11) is 0. The summed E-state index contributed by atoms with van der Waals surface area (Å²) in [6, 6.07) is 30.0. The van der Waals surface area contributed by atoms with Gasteiger partial charge in [-0.3, -0.25) is 0 Å². The maximum absolute atomic E-state index is 9.20. The number of nitrogens with zero attached hydrogens (tertiary/aromatic N) is 3. The van der Waals surface area contributed by atoms with Crippen molar-refractivity contribution in [3.05, 3.63) is 164 Å². The quantitative estimate of drug-likeness (QED) is 0.195. The van der Waals surface area contributed by atoms with Crippen LogP contribution in [-0.4, -0.2) is 15.0 Å². The first-order valence-corrected chi connectivity index (χ1v) is 15.0. The number of fused-ring (bicyclic) bond motifs is 4. The Morgan fingerprint density at radius 3 is 1.72 bits per heavy atom. The van der Waals surface area contributed by atoms with E-state index in [1.807, 2.05) is 97.1 Å². The number of furan rings is 1. The fourth-order valence-corrected chi connectivity index (χ4v) is 5.93. The minimum Gasteiger partial charge on any atom is -0.456 e. The summed E-state index contributed by atoms with van der Waals surface area (Å²) in [5.41, 5.74) is 3.01. The number of hydrogen-bond acceptors (Lipinski definition) is 4. The van der Waals surface area contributed by atoms with Gasteiger partial charge in [0.15, 0.2) is 17.5 Å². The lowest BCUT2D eigenvalue weighted by Gasteiger charge is -2.13. The summed E-state index contributed by atoms with van der Waals surface area (Å²) >= 11 is 0. The van der Waals surface area contributed by atoms with Crippen molar-refractivity contribution in [1.82, 2.24) is 15.0 Å². The smallest absolute Gasteiger partial charge is 0.164 e. The molecule has 2 aromatic heterocycles. The van der Waals surface area contributed by atoms with Crippen molar-refractivity contribution in [3.8, 4) is 56.4 Å². The first-order valence-electron chi connectivity index (χ1n) is 19.5. The molecule has 0 atom stereocenters. The molecule has 0 aliphatic heterocycles. The summed E-state index contributed by atoms with van der Waals surface area (Å²) in [5.74, 6) is 1.47. The van der Waals surface area contributed by atoms with Crippen LogP contribution in [0, 0.1) is 0 Å². The van der Waals surface area contributed by atoms with E-state index in [1.54, 1.807) is 0 Å². The standard InChI is InChI=1S/C43H27N3O/c1-4-13-28(14-5-1)31-23-24-37-39(27-31)47-38-22-12-21-35(40(37)38)34-25-26-36(33-20-11-10-19-32(33)34)43-45-41(29-15-6-2-7-16-29)44-42(46-43)30-17-8-3-9-18-30/h1-27H/i1D,4D,5D,13D,14D,21D,22D,23D,27D. The number of rotatable bonds is 5. The van der Waals surface area contributed by atoms with E-state index in [4.69, 9.17) is 29.0 Å². The lowest BCUT2D eigenvalue weighted by Crippen LogP contribution is -2.00. The van der Waals surface area contributed by atoms with Crippen LogP contribution in [0.1, 0.15) is 12.3 Å². The van der Waals surface area contributed by atoms with Crippen LogP contribution in [0.4, 0.5) is 0 Å². The molecule has 0 N–H and O–H groups in total. The van der Waals surface area contributed by atoms with Gasteiger partial charge in [-0.15, -0.1) is 0 Å². The summed E-state index contributed by atoms with van der Waals surface area (Å²) < 4.78 is 83.8. The highest BCUT2D eigenvalue weighted by atomic mass is 16.3. The molecule has 0 aliphatic carbocycles. The highest BCUT2D eigenvalue weighted by Gasteiger charge is 2.19. The van der Waals surface area contributed by atoms with Crippen molar-refractivity contribution in [2.24, 2.45) is 0 Å². The zero-order chi connectivity index (χ0) is 39.0. The summed E-state index contributed by atoms with van der Waals surface area (Å²) in [6.07, 6.45) is 0. The second-order valence-electron chi connectivity index (χ2n) is 10.9. The molecular formula is C43H27N3O. The van der Waals surface area contributed by atoms with Gasteiger partial charge in [-0.2, -0.15) is 0 Å². The Kier molecular flexibility index (Phi) is 4.57. The lowest BCUT2D eigenvalue weighted by atomic mass is 9.92. The molecule has 0 fully saturated rings. The summed E-state index contributed by atoms with van der Waals surface area (Å²) in [5, 5.41) is 2.18. The summed E-state index contributed by atoms with van der Waals surface area (Å²) in [4.78, 5) is 14.7. The minimum absolute atomic E-state index is 0.0220. The topological polar surface area (TPSA) is 51.8 Å². The van der Waals surface area contributed by atoms with E-state index in [1.165, 1.54) is 12.1 Å². The molecule has 9 rings (SSSR count). The van der Waals surface area contributed by atoms with Gasteiger partial charge in [0.25, 0.3) is 0 Å². The SMILES string of the molecule is [2H]c1cc2c(oc3c([2H])cc([2H])c(-c4ccc(-c5nc(-c6ccccc6)nc(-c6ccccc6)n5)c5ccccc45)c32)c([2H])c1-c1c([2H])c([2H])c([2H])c([2H])c1[2H]. The van der Waals surface area contributed by atoms with Crippen molar-refractivity contribution >= 4 is 32.7 Å². The molecule has 4 heteroatoms. The van der Waals surface area contributed by atoms with Crippen LogP contribution >= 0.6 is 0 Å². The fraction of sp³-hybridized carbons (Fsp3) is 0. The molecule has 9 aromatic rings. The van der Waals surface area contributed by atoms with Gasteiger partial charge in [0.2, 0.25) is 0 Å². The molecule has 0 amide bonds. The second-order valence-corrected chi connectivity index (χ2v) is 10.9. The Hall–Kier alpha value is -6.39. The number of aromatic nitrogens is 3. The van der Waals surface area contributed by atoms with Crippen molar-refractivity contribution in [2.45, 2.75) is 0 Å². The molecule has 0 saturated heterocycles. The molecule has 0 radical (unpaired) electrons. The minimum atomic E-state index is -0.584. The Bertz CT molecular complexity index is 2990. The Morgan fingerprint density at radius 1 is 0.404 bits per heavy atom. The molecule has 0 bridgehead atoms. The Balaban J connectivity index is 1.29. The van der Waals surface area contributed by atoms with E-state index < -0.39 is 30.2 Å². The van der Waals surface area contributed by atoms with Gasteiger partial charge in [-0.25, -0.2) is 15.0 Å². The average molecular weight is 611 g/mol. The molecule has 0 spiro atoms. The lowest BCUT2D eigenvalue weighted by molar-refractivity contribution is 0.669. The van der Waals surface area contributed by atoms with Crippen LogP contribution in [0.2, 0.25) is 0 Å². The van der Waals surface area contributed by atoms with E-state index in [0.29, 0.717) is 34.0 Å². The molecule has 4 nitrogen and oxygen atoms in total. The molecule has 47 heavy (non-hydrogen) atoms. The second kappa shape index (κ2) is 11.2. The maximum Gasteiger partial charge on any atom is 0.164 e. The van der Waals surface area contributed by atoms with Gasteiger partial charge in [-0.1, -0.05) is 139 Å². The average Bonchev–Trinajstić information content (AvgIpc) is 3.60.